The predicted molar refractivity (Wildman–Crippen MR) is 258 cm³/mol. The maximum atomic E-state index is 13.2. The topological polar surface area (TPSA) is 307 Å². The molecule has 70 heavy (non-hydrogen) atoms. The van der Waals surface area contributed by atoms with Gasteiger partial charge in [-0.1, -0.05) is 113 Å². The highest BCUT2D eigenvalue weighted by Gasteiger charge is 2.53. The summed E-state index contributed by atoms with van der Waals surface area (Å²) in [5, 5.41) is 119. The van der Waals surface area contributed by atoms with E-state index in [2.05, 4.69) is 67.8 Å². The molecule has 3 saturated heterocycles. The third-order valence-electron chi connectivity index (χ3n) is 12.5. The molecule has 0 aromatic carbocycles. The van der Waals surface area contributed by atoms with Gasteiger partial charge >= 0.3 is 0 Å². The summed E-state index contributed by atoms with van der Waals surface area (Å²) >= 11 is 0. The van der Waals surface area contributed by atoms with E-state index in [1.165, 1.54) is 19.3 Å². The van der Waals surface area contributed by atoms with E-state index >= 15 is 0 Å². The highest BCUT2D eigenvalue weighted by molar-refractivity contribution is 5.76. The normalized spacial score (nSPS) is 33.1. The van der Waals surface area contributed by atoms with Crippen LogP contribution in [0.25, 0.3) is 0 Å². The van der Waals surface area contributed by atoms with Crippen LogP contribution >= 0.6 is 0 Å². The summed E-state index contributed by atoms with van der Waals surface area (Å²) in [6.07, 6.45) is 9.54. The second kappa shape index (κ2) is 35.6. The molecule has 19 nitrogen and oxygen atoms in total. The van der Waals surface area contributed by atoms with Crippen LogP contribution in [-0.2, 0) is 33.2 Å². The number of nitrogens with one attached hydrogen (secondary N) is 1. The Labute approximate surface area is 414 Å². The zero-order valence-electron chi connectivity index (χ0n) is 41.2. The van der Waals surface area contributed by atoms with E-state index in [0.717, 1.165) is 70.6 Å². The standard InChI is InChI=1S/C51H87NO18/c1-3-5-7-9-11-13-15-16-17-18-19-21-23-25-27-29-39(57)52-34(35(56)28-26-24-22-20-14-12-10-8-6-4-2)33-65-49-45(63)42(60)47(37(31-54)67-49)70-51-46(64)43(61)48(38(32-55)68-51)69-50-44(62)41(59)40(58)36(30-53)66-50/h5,7,11,13-14,16-17,20,26,28,34-38,40-51,53-56,58-64H,3-4,6,8-10,12,15,18-19,21-25,27,29-33H2,1-2H3,(H,52,57)/b7-5-,13-11-,17-16-,20-14+,28-26+. The molecule has 19 heteroatoms. The first-order valence-corrected chi connectivity index (χ1v) is 25.5. The molecule has 0 bridgehead atoms. The Balaban J connectivity index is 1.57. The van der Waals surface area contributed by atoms with Crippen LogP contribution in [0.5, 0.6) is 0 Å². The first-order chi connectivity index (χ1) is 33.8. The Morgan fingerprint density at radius 1 is 0.529 bits per heavy atom. The Hall–Kier alpha value is -2.51. The zero-order valence-corrected chi connectivity index (χ0v) is 41.2. The van der Waals surface area contributed by atoms with E-state index in [4.69, 9.17) is 28.4 Å². The number of hydrogen-bond donors (Lipinski definition) is 12. The molecule has 3 fully saturated rings. The van der Waals surface area contributed by atoms with Gasteiger partial charge in [0, 0.05) is 6.42 Å². The lowest BCUT2D eigenvalue weighted by molar-refractivity contribution is -0.379. The summed E-state index contributed by atoms with van der Waals surface area (Å²) in [6.45, 7) is 1.48. The first-order valence-electron chi connectivity index (χ1n) is 25.5. The number of ether oxygens (including phenoxy) is 6. The number of aliphatic hydroxyl groups excluding tert-OH is 11. The monoisotopic (exact) mass is 1000 g/mol. The van der Waals surface area contributed by atoms with Crippen LogP contribution in [0.2, 0.25) is 0 Å². The number of hydrogen-bond acceptors (Lipinski definition) is 18. The average molecular weight is 1000 g/mol. The van der Waals surface area contributed by atoms with Crippen molar-refractivity contribution in [3.63, 3.8) is 0 Å². The smallest absolute Gasteiger partial charge is 0.220 e. The Kier molecular flexibility index (Phi) is 31.4. The fourth-order valence-corrected chi connectivity index (χ4v) is 8.28. The van der Waals surface area contributed by atoms with Crippen LogP contribution in [0.15, 0.2) is 60.8 Å². The highest BCUT2D eigenvalue weighted by atomic mass is 16.8. The molecule has 3 rings (SSSR count). The molecule has 12 N–H and O–H groups in total. The summed E-state index contributed by atoms with van der Waals surface area (Å²) < 4.78 is 34.0. The van der Waals surface area contributed by atoms with Gasteiger partial charge in [-0.25, -0.2) is 0 Å². The second-order valence-electron chi connectivity index (χ2n) is 18.2. The van der Waals surface area contributed by atoms with Crippen LogP contribution in [0.4, 0.5) is 0 Å². The lowest BCUT2D eigenvalue weighted by atomic mass is 9.96. The second-order valence-corrected chi connectivity index (χ2v) is 18.2. The van der Waals surface area contributed by atoms with E-state index in [-0.39, 0.29) is 18.9 Å². The molecule has 3 aliphatic heterocycles. The van der Waals surface area contributed by atoms with Gasteiger partial charge in [0.25, 0.3) is 0 Å². The molecule has 404 valence electrons. The lowest BCUT2D eigenvalue weighted by Gasteiger charge is -2.48. The van der Waals surface area contributed by atoms with E-state index in [0.29, 0.717) is 12.8 Å². The molecule has 0 aliphatic carbocycles. The number of amides is 1. The predicted octanol–water partition coefficient (Wildman–Crippen LogP) is 1.75. The van der Waals surface area contributed by atoms with Crippen molar-refractivity contribution in [3.8, 4) is 0 Å². The molecule has 0 radical (unpaired) electrons. The summed E-state index contributed by atoms with van der Waals surface area (Å²) in [7, 11) is 0. The molecule has 1 amide bonds. The molecule has 0 aromatic rings. The van der Waals surface area contributed by atoms with Crippen LogP contribution in [0.3, 0.4) is 0 Å². The van der Waals surface area contributed by atoms with Gasteiger partial charge in [0.15, 0.2) is 18.9 Å². The zero-order chi connectivity index (χ0) is 51.3. The summed E-state index contributed by atoms with van der Waals surface area (Å²) in [4.78, 5) is 13.2. The average Bonchev–Trinajstić information content (AvgIpc) is 3.35. The van der Waals surface area contributed by atoms with Gasteiger partial charge in [-0.3, -0.25) is 4.79 Å². The van der Waals surface area contributed by atoms with Gasteiger partial charge in [-0.15, -0.1) is 0 Å². The van der Waals surface area contributed by atoms with E-state index in [1.54, 1.807) is 6.08 Å². The SMILES string of the molecule is CC/C=C\C/C=C\C/C=C\CCCCCCCC(=O)NC(COC1OC(CO)C(OC2OC(CO)C(OC3OC(CO)C(O)C(O)C3O)C(O)C2O)C(O)C1O)C(O)/C=C/CC/C=C/CCCCCC. The van der Waals surface area contributed by atoms with Crippen molar-refractivity contribution in [1.82, 2.24) is 5.32 Å². The molecular weight excluding hydrogens is 915 g/mol. The van der Waals surface area contributed by atoms with Gasteiger partial charge in [0.05, 0.1) is 38.6 Å². The number of carbonyl (C=O) groups is 1. The van der Waals surface area contributed by atoms with Crippen molar-refractivity contribution in [2.75, 3.05) is 26.4 Å². The van der Waals surface area contributed by atoms with Crippen LogP contribution in [0, 0.1) is 0 Å². The maximum absolute atomic E-state index is 13.2. The molecule has 3 heterocycles. The third-order valence-corrected chi connectivity index (χ3v) is 12.5. The van der Waals surface area contributed by atoms with Crippen LogP contribution < -0.4 is 5.32 Å². The number of aliphatic hydroxyl groups is 11. The molecular formula is C51H87NO18. The molecule has 0 aromatic heterocycles. The molecule has 3 aliphatic rings. The van der Waals surface area contributed by atoms with E-state index in [9.17, 15) is 61.0 Å². The summed E-state index contributed by atoms with van der Waals surface area (Å²) in [5.74, 6) is -0.310. The van der Waals surface area contributed by atoms with Crippen molar-refractivity contribution in [1.29, 1.82) is 0 Å². The van der Waals surface area contributed by atoms with Crippen LogP contribution in [0.1, 0.15) is 123 Å². The number of rotatable bonds is 34. The fraction of sp³-hybridized carbons (Fsp3) is 0.784. The quantitative estimate of drug-likeness (QED) is 0.0323. The summed E-state index contributed by atoms with van der Waals surface area (Å²) in [5.41, 5.74) is 0. The molecule has 0 saturated carbocycles. The number of unbranched alkanes of at least 4 members (excludes halogenated alkanes) is 10. The van der Waals surface area contributed by atoms with Gasteiger partial charge < -0.3 is 89.9 Å². The first kappa shape index (κ1) is 61.8. The van der Waals surface area contributed by atoms with Gasteiger partial charge in [-0.2, -0.15) is 0 Å². The lowest BCUT2D eigenvalue weighted by Crippen LogP contribution is -2.66. The minimum absolute atomic E-state index is 0.212. The van der Waals surface area contributed by atoms with Crippen molar-refractivity contribution in [3.05, 3.63) is 60.8 Å². The summed E-state index contributed by atoms with van der Waals surface area (Å²) in [6, 6.07) is -0.998. The van der Waals surface area contributed by atoms with Crippen molar-refractivity contribution < 1.29 is 89.4 Å². The van der Waals surface area contributed by atoms with E-state index in [1.807, 2.05) is 6.08 Å². The van der Waals surface area contributed by atoms with E-state index < -0.39 is 124 Å². The van der Waals surface area contributed by atoms with Gasteiger partial charge in [0.1, 0.15) is 73.2 Å². The third kappa shape index (κ3) is 21.1. The molecule has 17 atom stereocenters. The molecule has 17 unspecified atom stereocenters. The Morgan fingerprint density at radius 3 is 1.60 bits per heavy atom. The Bertz CT molecular complexity index is 1530. The number of allylic oxidation sites excluding steroid dienone is 9. The highest BCUT2D eigenvalue weighted by Crippen LogP contribution is 2.33. The van der Waals surface area contributed by atoms with Crippen molar-refractivity contribution in [2.24, 2.45) is 0 Å². The fourth-order valence-electron chi connectivity index (χ4n) is 8.28. The van der Waals surface area contributed by atoms with Crippen molar-refractivity contribution >= 4 is 5.91 Å². The minimum atomic E-state index is -1.98. The number of carbonyl (C=O) groups excluding carboxylic acids is 1. The Morgan fingerprint density at radius 2 is 1.00 bits per heavy atom. The maximum Gasteiger partial charge on any atom is 0.220 e. The minimum Gasteiger partial charge on any atom is -0.394 e. The van der Waals surface area contributed by atoms with Gasteiger partial charge in [-0.05, 0) is 64.2 Å². The van der Waals surface area contributed by atoms with Crippen molar-refractivity contribution in [2.45, 2.75) is 227 Å². The largest absolute Gasteiger partial charge is 0.394 e. The van der Waals surface area contributed by atoms with Gasteiger partial charge in [0.2, 0.25) is 5.91 Å². The van der Waals surface area contributed by atoms with Crippen LogP contribution in [-0.4, -0.2) is 193 Å². The molecule has 0 spiro atoms.